The molecule has 0 radical (unpaired) electrons. The van der Waals surface area contributed by atoms with Crippen molar-refractivity contribution in [3.8, 4) is 11.5 Å². The average molecular weight is 332 g/mol. The number of nitrogens with one attached hydrogen (secondary N) is 1. The molecule has 0 heterocycles. The topological polar surface area (TPSA) is 53.8 Å². The van der Waals surface area contributed by atoms with Gasteiger partial charge in [0, 0.05) is 17.2 Å². The highest BCUT2D eigenvalue weighted by atomic mass is 16.5. The van der Waals surface area contributed by atoms with Crippen molar-refractivity contribution >= 4 is 11.4 Å². The molecule has 3 aromatic rings. The Bertz CT molecular complexity index is 872. The highest BCUT2D eigenvalue weighted by molar-refractivity contribution is 6.14. The summed E-state index contributed by atoms with van der Waals surface area (Å²) >= 11 is 0. The minimum Gasteiger partial charge on any atom is -0.507 e. The van der Waals surface area contributed by atoms with Gasteiger partial charge in [0.25, 0.3) is 0 Å². The molecule has 0 aliphatic heterocycles. The third kappa shape index (κ3) is 3.98. The Labute approximate surface area is 147 Å². The summed E-state index contributed by atoms with van der Waals surface area (Å²) in [7, 11) is 1.57. The van der Waals surface area contributed by atoms with Gasteiger partial charge in [-0.05, 0) is 31.2 Å². The second-order valence-corrected chi connectivity index (χ2v) is 5.69. The molecule has 4 nitrogen and oxygen atoms in total. The van der Waals surface area contributed by atoms with Gasteiger partial charge in [0.15, 0.2) is 0 Å². The second-order valence-electron chi connectivity index (χ2n) is 5.69. The van der Waals surface area contributed by atoms with E-state index in [9.17, 15) is 5.11 Å². The molecule has 0 saturated carbocycles. The largest absolute Gasteiger partial charge is 0.507 e. The van der Waals surface area contributed by atoms with Crippen LogP contribution in [-0.4, -0.2) is 17.9 Å². The average Bonchev–Trinajstić information content (AvgIpc) is 2.65. The molecule has 0 bridgehead atoms. The van der Waals surface area contributed by atoms with E-state index in [2.05, 4.69) is 10.5 Å². The standard InChI is InChI=1S/C21H20N2O2/c1-15-8-10-16(11-9-15)21(23-22-17-6-4-3-5-7-17)19-13-12-18(25-2)14-20(19)24/h3-14,22,24H,1-2H3. The number of phenols is 1. The van der Waals surface area contributed by atoms with Crippen LogP contribution in [0.4, 0.5) is 5.69 Å². The van der Waals surface area contributed by atoms with E-state index >= 15 is 0 Å². The van der Waals surface area contributed by atoms with E-state index in [-0.39, 0.29) is 5.75 Å². The first-order valence-electron chi connectivity index (χ1n) is 8.00. The van der Waals surface area contributed by atoms with Gasteiger partial charge in [-0.25, -0.2) is 0 Å². The lowest BCUT2D eigenvalue weighted by Crippen LogP contribution is -2.07. The number of rotatable bonds is 5. The smallest absolute Gasteiger partial charge is 0.128 e. The van der Waals surface area contributed by atoms with Gasteiger partial charge in [0.05, 0.1) is 12.8 Å². The van der Waals surface area contributed by atoms with E-state index < -0.39 is 0 Å². The third-order valence-corrected chi connectivity index (χ3v) is 3.86. The summed E-state index contributed by atoms with van der Waals surface area (Å²) in [6, 6.07) is 22.9. The highest BCUT2D eigenvalue weighted by Crippen LogP contribution is 2.26. The number of methoxy groups -OCH3 is 1. The lowest BCUT2D eigenvalue weighted by Gasteiger charge is -2.11. The predicted octanol–water partition coefficient (Wildman–Crippen LogP) is 4.57. The lowest BCUT2D eigenvalue weighted by atomic mass is 10.0. The van der Waals surface area contributed by atoms with Crippen LogP contribution in [0.3, 0.4) is 0 Å². The summed E-state index contributed by atoms with van der Waals surface area (Å²) in [5, 5.41) is 15.0. The number of aryl methyl sites for hydroxylation is 1. The number of aromatic hydroxyl groups is 1. The maximum atomic E-state index is 10.4. The van der Waals surface area contributed by atoms with Crippen molar-refractivity contribution in [3.63, 3.8) is 0 Å². The van der Waals surface area contributed by atoms with Crippen LogP contribution in [0, 0.1) is 6.92 Å². The molecule has 0 aliphatic rings. The summed E-state index contributed by atoms with van der Waals surface area (Å²) < 4.78 is 5.16. The molecule has 0 atom stereocenters. The van der Waals surface area contributed by atoms with Gasteiger partial charge in [-0.15, -0.1) is 0 Å². The Balaban J connectivity index is 2.04. The van der Waals surface area contributed by atoms with Crippen molar-refractivity contribution in [1.82, 2.24) is 0 Å². The first-order chi connectivity index (χ1) is 12.2. The Hall–Kier alpha value is -3.27. The number of hydrazone groups is 1. The van der Waals surface area contributed by atoms with Crippen LogP contribution in [-0.2, 0) is 0 Å². The molecular weight excluding hydrogens is 312 g/mol. The molecule has 0 spiro atoms. The number of para-hydroxylation sites is 1. The fourth-order valence-corrected chi connectivity index (χ4v) is 2.46. The van der Waals surface area contributed by atoms with E-state index in [0.29, 0.717) is 17.0 Å². The van der Waals surface area contributed by atoms with Crippen LogP contribution in [0.1, 0.15) is 16.7 Å². The molecule has 4 heteroatoms. The molecule has 0 aromatic heterocycles. The Morgan fingerprint density at radius 1 is 0.960 bits per heavy atom. The summed E-state index contributed by atoms with van der Waals surface area (Å²) in [5.41, 5.74) is 7.30. The lowest BCUT2D eigenvalue weighted by molar-refractivity contribution is 0.407. The van der Waals surface area contributed by atoms with Crippen LogP contribution in [0.25, 0.3) is 0 Å². The van der Waals surface area contributed by atoms with Crippen molar-refractivity contribution in [1.29, 1.82) is 0 Å². The van der Waals surface area contributed by atoms with Crippen LogP contribution < -0.4 is 10.2 Å². The van der Waals surface area contributed by atoms with E-state index in [1.165, 1.54) is 0 Å². The first kappa shape index (κ1) is 16.6. The predicted molar refractivity (Wildman–Crippen MR) is 102 cm³/mol. The Morgan fingerprint density at radius 2 is 1.68 bits per heavy atom. The number of benzene rings is 3. The van der Waals surface area contributed by atoms with E-state index in [1.807, 2.05) is 61.5 Å². The maximum absolute atomic E-state index is 10.4. The fraction of sp³-hybridized carbons (Fsp3) is 0.0952. The highest BCUT2D eigenvalue weighted by Gasteiger charge is 2.13. The van der Waals surface area contributed by atoms with Crippen molar-refractivity contribution in [2.75, 3.05) is 12.5 Å². The van der Waals surface area contributed by atoms with E-state index in [0.717, 1.165) is 16.8 Å². The quantitative estimate of drug-likeness (QED) is 0.531. The van der Waals surface area contributed by atoms with Crippen LogP contribution >= 0.6 is 0 Å². The third-order valence-electron chi connectivity index (χ3n) is 3.86. The number of phenolic OH excluding ortho intramolecular Hbond substituents is 1. The van der Waals surface area contributed by atoms with E-state index in [1.54, 1.807) is 25.3 Å². The van der Waals surface area contributed by atoms with Crippen LogP contribution in [0.15, 0.2) is 77.9 Å². The molecular formula is C21H20N2O2. The van der Waals surface area contributed by atoms with Gasteiger partial charge in [0.2, 0.25) is 0 Å². The molecule has 0 unspecified atom stereocenters. The van der Waals surface area contributed by atoms with Crippen molar-refractivity contribution in [2.24, 2.45) is 5.10 Å². The van der Waals surface area contributed by atoms with Crippen LogP contribution in [0.5, 0.6) is 11.5 Å². The van der Waals surface area contributed by atoms with Crippen molar-refractivity contribution in [2.45, 2.75) is 6.92 Å². The Morgan fingerprint density at radius 3 is 2.32 bits per heavy atom. The zero-order valence-corrected chi connectivity index (χ0v) is 14.2. The number of hydrogen-bond donors (Lipinski definition) is 2. The molecule has 0 fully saturated rings. The second kappa shape index (κ2) is 7.53. The van der Waals surface area contributed by atoms with Gasteiger partial charge in [-0.2, -0.15) is 5.10 Å². The minimum atomic E-state index is 0.119. The summed E-state index contributed by atoms with van der Waals surface area (Å²) in [5.74, 6) is 0.717. The number of anilines is 1. The molecule has 0 aliphatic carbocycles. The zero-order chi connectivity index (χ0) is 17.6. The SMILES string of the molecule is COc1ccc(C(=NNc2ccccc2)c2ccc(C)cc2)c(O)c1. The molecule has 3 aromatic carbocycles. The summed E-state index contributed by atoms with van der Waals surface area (Å²) in [6.07, 6.45) is 0. The van der Waals surface area contributed by atoms with Crippen molar-refractivity contribution < 1.29 is 9.84 Å². The summed E-state index contributed by atoms with van der Waals surface area (Å²) in [4.78, 5) is 0. The number of hydrogen-bond acceptors (Lipinski definition) is 4. The van der Waals surface area contributed by atoms with Gasteiger partial charge in [-0.3, -0.25) is 5.43 Å². The monoisotopic (exact) mass is 332 g/mol. The number of ether oxygens (including phenoxy) is 1. The molecule has 2 N–H and O–H groups in total. The molecule has 0 amide bonds. The van der Waals surface area contributed by atoms with Crippen molar-refractivity contribution in [3.05, 3.63) is 89.5 Å². The molecule has 0 saturated heterocycles. The molecule has 126 valence electrons. The molecule has 3 rings (SSSR count). The van der Waals surface area contributed by atoms with Gasteiger partial charge in [-0.1, -0.05) is 48.0 Å². The molecule has 25 heavy (non-hydrogen) atoms. The van der Waals surface area contributed by atoms with Gasteiger partial charge < -0.3 is 9.84 Å². The zero-order valence-electron chi connectivity index (χ0n) is 14.2. The fourth-order valence-electron chi connectivity index (χ4n) is 2.46. The van der Waals surface area contributed by atoms with Crippen LogP contribution in [0.2, 0.25) is 0 Å². The Kier molecular flexibility index (Phi) is 5.00. The summed E-state index contributed by atoms with van der Waals surface area (Å²) in [6.45, 7) is 2.04. The maximum Gasteiger partial charge on any atom is 0.128 e. The number of nitrogens with zero attached hydrogens (tertiary/aromatic N) is 1. The normalized spacial score (nSPS) is 11.2. The minimum absolute atomic E-state index is 0.119. The van der Waals surface area contributed by atoms with Gasteiger partial charge in [0.1, 0.15) is 17.2 Å². The first-order valence-corrected chi connectivity index (χ1v) is 8.00. The van der Waals surface area contributed by atoms with Gasteiger partial charge >= 0.3 is 0 Å². The van der Waals surface area contributed by atoms with E-state index in [4.69, 9.17) is 4.74 Å².